The summed E-state index contributed by atoms with van der Waals surface area (Å²) in [5.41, 5.74) is 4.29. The number of fused-ring (bicyclic) bond motifs is 4. The molecule has 5 aromatic rings. The third kappa shape index (κ3) is 6.25. The lowest BCUT2D eigenvalue weighted by molar-refractivity contribution is -0.219. The van der Waals surface area contributed by atoms with Crippen LogP contribution in [0.1, 0.15) is 42.8 Å². The second kappa shape index (κ2) is 13.0. The number of benzene rings is 2. The van der Waals surface area contributed by atoms with E-state index in [0.29, 0.717) is 5.75 Å². The number of nitrogens with one attached hydrogen (secondary N) is 2. The number of hydrogen-bond donors (Lipinski definition) is 5. The van der Waals surface area contributed by atoms with Gasteiger partial charge >= 0.3 is 11.9 Å². The molecule has 0 radical (unpaired) electrons. The summed E-state index contributed by atoms with van der Waals surface area (Å²) in [7, 11) is 0. The highest BCUT2D eigenvalue weighted by Crippen LogP contribution is 2.37. The van der Waals surface area contributed by atoms with Gasteiger partial charge in [-0.05, 0) is 54.6 Å². The quantitative estimate of drug-likeness (QED) is 0.114. The van der Waals surface area contributed by atoms with E-state index in [1.165, 1.54) is 17.8 Å². The normalized spacial score (nSPS) is 21.3. The smallest absolute Gasteiger partial charge is 0.311 e. The largest absolute Gasteiger partial charge is 0.459 e. The van der Waals surface area contributed by atoms with E-state index in [9.17, 15) is 29.7 Å². The van der Waals surface area contributed by atoms with Gasteiger partial charge in [0, 0.05) is 41.0 Å². The first-order valence-electron chi connectivity index (χ1n) is 15.0. The molecule has 15 heteroatoms. The van der Waals surface area contributed by atoms with Crippen molar-refractivity contribution in [2.45, 2.75) is 70.8 Å². The van der Waals surface area contributed by atoms with Gasteiger partial charge in [-0.3, -0.25) is 19.4 Å². The fraction of sp³-hybridized carbons (Fsp3) is 0.375. The number of hydrogen-bond acceptors (Lipinski definition) is 12. The molecule has 1 amide bonds. The lowest BCUT2D eigenvalue weighted by Crippen LogP contribution is -2.62. The SMILES string of the molecule is CC(=O)N[C@@H]1[C@@H](O)[C@H](O)[C@@H](CO)O[C@H]1n1cc(COC(=O)CCC(=O)Oc2ccc3[nH]c4c(C)c5ccncc5c(C)c4c3c2)nn1. The minimum Gasteiger partial charge on any atom is -0.459 e. The Morgan fingerprint density at radius 3 is 2.60 bits per heavy atom. The van der Waals surface area contributed by atoms with Crippen LogP contribution in [0.3, 0.4) is 0 Å². The number of nitrogens with zero attached hydrogens (tertiary/aromatic N) is 4. The molecule has 3 aromatic heterocycles. The topological polar surface area (TPSA) is 211 Å². The fourth-order valence-electron chi connectivity index (χ4n) is 6.03. The summed E-state index contributed by atoms with van der Waals surface area (Å²) in [5, 5.41) is 44.7. The van der Waals surface area contributed by atoms with Crippen LogP contribution in [0, 0.1) is 13.8 Å². The second-order valence-electron chi connectivity index (χ2n) is 11.5. The molecule has 15 nitrogen and oxygen atoms in total. The number of esters is 2. The highest BCUT2D eigenvalue weighted by Gasteiger charge is 2.46. The minimum atomic E-state index is -1.46. The van der Waals surface area contributed by atoms with E-state index in [4.69, 9.17) is 14.2 Å². The molecule has 246 valence electrons. The Kier molecular flexibility index (Phi) is 8.88. The van der Waals surface area contributed by atoms with Crippen LogP contribution in [0.15, 0.2) is 42.9 Å². The zero-order valence-electron chi connectivity index (χ0n) is 25.8. The first kappa shape index (κ1) is 32.0. The summed E-state index contributed by atoms with van der Waals surface area (Å²) in [6.45, 7) is 4.47. The van der Waals surface area contributed by atoms with Crippen molar-refractivity contribution >= 4 is 50.4 Å². The monoisotopic (exact) mass is 646 g/mol. The van der Waals surface area contributed by atoms with Gasteiger partial charge in [-0.1, -0.05) is 5.21 Å². The molecule has 0 aliphatic carbocycles. The van der Waals surface area contributed by atoms with Gasteiger partial charge in [0.2, 0.25) is 5.91 Å². The van der Waals surface area contributed by atoms with Crippen molar-refractivity contribution in [3.8, 4) is 5.75 Å². The average Bonchev–Trinajstić information content (AvgIpc) is 3.69. The second-order valence-corrected chi connectivity index (χ2v) is 11.5. The van der Waals surface area contributed by atoms with Crippen molar-refractivity contribution in [3.63, 3.8) is 0 Å². The van der Waals surface area contributed by atoms with Crippen LogP contribution >= 0.6 is 0 Å². The van der Waals surface area contributed by atoms with Crippen molar-refractivity contribution in [1.82, 2.24) is 30.3 Å². The van der Waals surface area contributed by atoms with E-state index >= 15 is 0 Å². The maximum Gasteiger partial charge on any atom is 0.311 e. The summed E-state index contributed by atoms with van der Waals surface area (Å²) < 4.78 is 17.6. The van der Waals surface area contributed by atoms with E-state index in [1.807, 2.05) is 25.3 Å². The lowest BCUT2D eigenvalue weighted by Gasteiger charge is -2.42. The van der Waals surface area contributed by atoms with E-state index in [-0.39, 0.29) is 25.1 Å². The van der Waals surface area contributed by atoms with E-state index in [1.54, 1.807) is 18.3 Å². The van der Waals surface area contributed by atoms with E-state index in [2.05, 4.69) is 32.5 Å². The number of rotatable bonds is 9. The molecule has 1 fully saturated rings. The van der Waals surface area contributed by atoms with Gasteiger partial charge in [-0.2, -0.15) is 0 Å². The number of aromatic nitrogens is 5. The van der Waals surface area contributed by atoms with Crippen LogP contribution in [0.25, 0.3) is 32.6 Å². The molecule has 4 heterocycles. The number of carbonyl (C=O) groups excluding carboxylic acids is 3. The van der Waals surface area contributed by atoms with Crippen molar-refractivity contribution in [3.05, 3.63) is 59.7 Å². The third-order valence-electron chi connectivity index (χ3n) is 8.38. The molecule has 5 N–H and O–H groups in total. The number of pyridine rings is 1. The number of aliphatic hydroxyl groups excluding tert-OH is 3. The fourth-order valence-corrected chi connectivity index (χ4v) is 6.03. The molecule has 1 aliphatic rings. The molecule has 5 atom stereocenters. The minimum absolute atomic E-state index is 0.216. The zero-order chi connectivity index (χ0) is 33.4. The summed E-state index contributed by atoms with van der Waals surface area (Å²) in [5.74, 6) is -1.41. The Morgan fingerprint density at radius 2 is 1.83 bits per heavy atom. The summed E-state index contributed by atoms with van der Waals surface area (Å²) in [6, 6.07) is 6.24. The Morgan fingerprint density at radius 1 is 1.04 bits per heavy atom. The first-order valence-corrected chi connectivity index (χ1v) is 15.0. The number of H-pyrrole nitrogens is 1. The maximum atomic E-state index is 12.6. The molecule has 0 bridgehead atoms. The van der Waals surface area contributed by atoms with Crippen LogP contribution in [0.4, 0.5) is 0 Å². The number of aryl methyl sites for hydroxylation is 2. The van der Waals surface area contributed by atoms with Gasteiger partial charge in [-0.15, -0.1) is 5.10 Å². The lowest BCUT2D eigenvalue weighted by atomic mass is 9.96. The molecule has 6 rings (SSSR count). The molecule has 0 saturated carbocycles. The van der Waals surface area contributed by atoms with Crippen LogP contribution in [0.2, 0.25) is 0 Å². The van der Waals surface area contributed by atoms with Crippen LogP contribution in [0.5, 0.6) is 5.75 Å². The van der Waals surface area contributed by atoms with E-state index in [0.717, 1.165) is 43.7 Å². The number of ether oxygens (including phenoxy) is 3. The third-order valence-corrected chi connectivity index (χ3v) is 8.38. The number of carbonyl (C=O) groups is 3. The maximum absolute atomic E-state index is 12.6. The Labute approximate surface area is 267 Å². The van der Waals surface area contributed by atoms with Gasteiger partial charge < -0.3 is 39.8 Å². The molecule has 1 aliphatic heterocycles. The highest BCUT2D eigenvalue weighted by molar-refractivity contribution is 6.16. The Balaban J connectivity index is 1.06. The van der Waals surface area contributed by atoms with Crippen molar-refractivity contribution in [1.29, 1.82) is 0 Å². The van der Waals surface area contributed by atoms with Crippen molar-refractivity contribution in [2.75, 3.05) is 6.61 Å². The van der Waals surface area contributed by atoms with E-state index < -0.39 is 55.0 Å². The summed E-state index contributed by atoms with van der Waals surface area (Å²) in [4.78, 5) is 44.5. The van der Waals surface area contributed by atoms with Gasteiger partial charge in [0.25, 0.3) is 0 Å². The van der Waals surface area contributed by atoms with Crippen LogP contribution in [-0.4, -0.2) is 89.1 Å². The molecule has 2 aromatic carbocycles. The molecular formula is C32H34N6O9. The highest BCUT2D eigenvalue weighted by atomic mass is 16.6. The zero-order valence-corrected chi connectivity index (χ0v) is 25.8. The van der Waals surface area contributed by atoms with Crippen LogP contribution < -0.4 is 10.1 Å². The Hall–Kier alpha value is -4.96. The predicted molar refractivity (Wildman–Crippen MR) is 166 cm³/mol. The number of aliphatic hydroxyl groups is 3. The van der Waals surface area contributed by atoms with Gasteiger partial charge in [0.1, 0.15) is 42.4 Å². The molecular weight excluding hydrogens is 612 g/mol. The molecule has 47 heavy (non-hydrogen) atoms. The number of aromatic amines is 1. The molecule has 0 unspecified atom stereocenters. The molecule has 1 saturated heterocycles. The average molecular weight is 647 g/mol. The van der Waals surface area contributed by atoms with Gasteiger partial charge in [0.15, 0.2) is 6.23 Å². The standard InChI is InChI=1S/C32H34N6O9/c1-15-22-11-33-9-8-20(22)16(2)28-27(15)21-10-19(4-5-23(21)35-28)46-26(42)7-6-25(41)45-14-18-12-38(37-36-18)32-29(34-17(3)40)31(44)30(43)24(13-39)47-32/h4-5,8-12,24,29-32,35,39,43-44H,6-7,13-14H2,1-3H3,(H,34,40)/t24-,29-,30-,31-,32-/m1/s1. The van der Waals surface area contributed by atoms with Gasteiger partial charge in [-0.25, -0.2) is 4.68 Å². The summed E-state index contributed by atoms with van der Waals surface area (Å²) >= 11 is 0. The first-order chi connectivity index (χ1) is 22.5. The molecule has 0 spiro atoms. The van der Waals surface area contributed by atoms with Crippen molar-refractivity contribution < 1.29 is 43.9 Å². The van der Waals surface area contributed by atoms with Crippen molar-refractivity contribution in [2.24, 2.45) is 0 Å². The summed E-state index contributed by atoms with van der Waals surface area (Å²) in [6.07, 6.45) is -0.628. The Bertz CT molecular complexity index is 1990. The van der Waals surface area contributed by atoms with Crippen LogP contribution in [-0.2, 0) is 30.5 Å². The number of amides is 1. The predicted octanol–water partition coefficient (Wildman–Crippen LogP) is 1.62. The van der Waals surface area contributed by atoms with Gasteiger partial charge in [0.05, 0.1) is 31.2 Å².